The van der Waals surface area contributed by atoms with Gasteiger partial charge in [0.1, 0.15) is 5.69 Å². The lowest BCUT2D eigenvalue weighted by molar-refractivity contribution is -0.135. The van der Waals surface area contributed by atoms with E-state index < -0.39 is 28.0 Å². The number of nitrogens with zero attached hydrogens (tertiary/aromatic N) is 4. The van der Waals surface area contributed by atoms with Gasteiger partial charge in [0.2, 0.25) is 6.04 Å². The molecule has 10 nitrogen and oxygen atoms in total. The number of halogens is 1. The summed E-state index contributed by atoms with van der Waals surface area (Å²) in [6.45, 7) is 1.66. The smallest absolute Gasteiger partial charge is 0.357 e. The first-order valence-electron chi connectivity index (χ1n) is 8.55. The van der Waals surface area contributed by atoms with Crippen molar-refractivity contribution in [3.05, 3.63) is 53.6 Å². The minimum atomic E-state index is -4.40. The Morgan fingerprint density at radius 1 is 1.23 bits per heavy atom. The van der Waals surface area contributed by atoms with Crippen LogP contribution in [0.3, 0.4) is 0 Å². The van der Waals surface area contributed by atoms with Crippen LogP contribution in [0.1, 0.15) is 6.92 Å². The second-order valence-corrected chi connectivity index (χ2v) is 7.72. The summed E-state index contributed by atoms with van der Waals surface area (Å²) in [5.74, 6) is -1.54. The molecule has 1 aliphatic rings. The quantitative estimate of drug-likeness (QED) is 0.407. The zero-order valence-corrected chi connectivity index (χ0v) is 17.0. The summed E-state index contributed by atoms with van der Waals surface area (Å²) in [7, 11) is -4.40. The highest BCUT2D eigenvalue weighted by atomic mass is 35.5. The highest BCUT2D eigenvalue weighted by Crippen LogP contribution is 2.27. The molecule has 0 spiro atoms. The predicted octanol–water partition coefficient (Wildman–Crippen LogP) is 3.00. The number of esters is 1. The van der Waals surface area contributed by atoms with Crippen LogP contribution >= 0.6 is 11.6 Å². The van der Waals surface area contributed by atoms with E-state index in [-0.39, 0.29) is 22.9 Å². The third-order valence-electron chi connectivity index (χ3n) is 3.91. The Labute approximate surface area is 176 Å². The van der Waals surface area contributed by atoms with Crippen LogP contribution in [-0.4, -0.2) is 43.2 Å². The van der Waals surface area contributed by atoms with Crippen LogP contribution < -0.4 is 5.01 Å². The molecule has 0 aliphatic carbocycles. The average molecular weight is 451 g/mol. The lowest BCUT2D eigenvalue weighted by Crippen LogP contribution is -2.33. The third-order valence-corrected chi connectivity index (χ3v) is 5.09. The molecule has 2 aromatic carbocycles. The topological polar surface area (TPSA) is 138 Å². The number of rotatable bonds is 6. The summed E-state index contributed by atoms with van der Waals surface area (Å²) in [6, 6.07) is 9.87. The summed E-state index contributed by atoms with van der Waals surface area (Å²) in [5, 5.41) is 13.1. The van der Waals surface area contributed by atoms with Crippen molar-refractivity contribution in [3.8, 4) is 0 Å². The first-order chi connectivity index (χ1) is 14.2. The van der Waals surface area contributed by atoms with Gasteiger partial charge in [-0.25, -0.2) is 4.79 Å². The van der Waals surface area contributed by atoms with Crippen molar-refractivity contribution >= 4 is 50.7 Å². The third kappa shape index (κ3) is 4.53. The van der Waals surface area contributed by atoms with Crippen LogP contribution in [0, 0.1) is 0 Å². The Morgan fingerprint density at radius 2 is 1.90 bits per heavy atom. The molecule has 1 unspecified atom stereocenters. The van der Waals surface area contributed by atoms with Gasteiger partial charge in [-0.2, -0.15) is 28.8 Å². The fourth-order valence-electron chi connectivity index (χ4n) is 2.50. The number of amides is 1. The lowest BCUT2D eigenvalue weighted by atomic mass is 10.2. The number of carbonyl (C=O) groups excluding carboxylic acids is 2. The molecule has 2 aromatic rings. The van der Waals surface area contributed by atoms with Crippen molar-refractivity contribution in [2.24, 2.45) is 15.3 Å². The minimum Gasteiger partial charge on any atom is -0.461 e. The number of hydrazone groups is 1. The van der Waals surface area contributed by atoms with Crippen molar-refractivity contribution < 1.29 is 27.3 Å². The molecular formula is C18H15ClN4O6S. The van der Waals surface area contributed by atoms with Crippen molar-refractivity contribution in [1.82, 2.24) is 0 Å². The van der Waals surface area contributed by atoms with Gasteiger partial charge in [0.25, 0.3) is 16.0 Å². The normalized spacial score (nSPS) is 16.8. The van der Waals surface area contributed by atoms with Gasteiger partial charge >= 0.3 is 5.97 Å². The lowest BCUT2D eigenvalue weighted by Gasteiger charge is -2.12. The summed E-state index contributed by atoms with van der Waals surface area (Å²) in [4.78, 5) is 24.8. The minimum absolute atomic E-state index is 0.0590. The molecule has 0 fully saturated rings. The largest absolute Gasteiger partial charge is 0.461 e. The maximum absolute atomic E-state index is 12.9. The van der Waals surface area contributed by atoms with E-state index in [2.05, 4.69) is 15.3 Å². The molecular weight excluding hydrogens is 436 g/mol. The standard InChI is InChI=1S/C18H15ClN4O6S/c1-2-29-18(25)16-15(21-20-14-6-4-3-5-13(14)19)17(24)23(22-16)11-7-9-12(10-8-11)30(26,27)28/h3-10,15H,2H2,1H3,(H,26,27,28). The second kappa shape index (κ2) is 8.69. The maximum atomic E-state index is 12.9. The summed E-state index contributed by atoms with van der Waals surface area (Å²) < 4.78 is 36.4. The van der Waals surface area contributed by atoms with Crippen LogP contribution in [0.4, 0.5) is 11.4 Å². The molecule has 1 N–H and O–H groups in total. The summed E-state index contributed by atoms with van der Waals surface area (Å²) in [6.07, 6.45) is 0. The molecule has 0 bridgehead atoms. The van der Waals surface area contributed by atoms with Gasteiger partial charge in [0, 0.05) is 0 Å². The molecule has 12 heteroatoms. The second-order valence-electron chi connectivity index (χ2n) is 5.89. The zero-order valence-electron chi connectivity index (χ0n) is 15.5. The van der Waals surface area contributed by atoms with Gasteiger partial charge in [-0.1, -0.05) is 23.7 Å². The van der Waals surface area contributed by atoms with Crippen LogP contribution in [0.2, 0.25) is 5.02 Å². The Morgan fingerprint density at radius 3 is 2.50 bits per heavy atom. The molecule has 1 aliphatic heterocycles. The van der Waals surface area contributed by atoms with Gasteiger partial charge in [-0.05, 0) is 43.3 Å². The Hall–Kier alpha value is -3.15. The van der Waals surface area contributed by atoms with E-state index in [0.717, 1.165) is 17.1 Å². The molecule has 0 saturated carbocycles. The van der Waals surface area contributed by atoms with Crippen molar-refractivity contribution in [2.75, 3.05) is 11.6 Å². The van der Waals surface area contributed by atoms with E-state index in [0.29, 0.717) is 10.7 Å². The molecule has 0 radical (unpaired) electrons. The molecule has 0 aromatic heterocycles. The fraction of sp³-hybridized carbons (Fsp3) is 0.167. The fourth-order valence-corrected chi connectivity index (χ4v) is 3.16. The number of azo groups is 1. The molecule has 0 saturated heterocycles. The first-order valence-corrected chi connectivity index (χ1v) is 10.4. The summed E-state index contributed by atoms with van der Waals surface area (Å²) >= 11 is 6.03. The zero-order chi connectivity index (χ0) is 21.9. The number of hydrogen-bond acceptors (Lipinski definition) is 8. The van der Waals surface area contributed by atoms with Crippen molar-refractivity contribution in [2.45, 2.75) is 17.9 Å². The van der Waals surface area contributed by atoms with Gasteiger partial charge < -0.3 is 4.74 Å². The van der Waals surface area contributed by atoms with Gasteiger partial charge in [0.15, 0.2) is 5.71 Å². The number of hydrogen-bond donors (Lipinski definition) is 1. The monoisotopic (exact) mass is 450 g/mol. The van der Waals surface area contributed by atoms with E-state index in [1.54, 1.807) is 31.2 Å². The predicted molar refractivity (Wildman–Crippen MR) is 108 cm³/mol. The van der Waals surface area contributed by atoms with E-state index >= 15 is 0 Å². The van der Waals surface area contributed by atoms with Crippen LogP contribution in [0.25, 0.3) is 0 Å². The molecule has 156 valence electrons. The maximum Gasteiger partial charge on any atom is 0.357 e. The highest BCUT2D eigenvalue weighted by Gasteiger charge is 2.41. The Balaban J connectivity index is 1.95. The van der Waals surface area contributed by atoms with Gasteiger partial charge in [-0.3, -0.25) is 9.35 Å². The molecule has 1 amide bonds. The van der Waals surface area contributed by atoms with Crippen LogP contribution in [-0.2, 0) is 24.4 Å². The van der Waals surface area contributed by atoms with E-state index in [9.17, 15) is 18.0 Å². The van der Waals surface area contributed by atoms with E-state index in [4.69, 9.17) is 20.9 Å². The highest BCUT2D eigenvalue weighted by molar-refractivity contribution is 7.85. The number of benzene rings is 2. The number of carbonyl (C=O) groups is 2. The van der Waals surface area contributed by atoms with Crippen LogP contribution in [0.5, 0.6) is 0 Å². The van der Waals surface area contributed by atoms with Crippen LogP contribution in [0.15, 0.2) is 68.8 Å². The SMILES string of the molecule is CCOC(=O)C1=NN(c2ccc(S(=O)(=O)O)cc2)C(=O)C1N=Nc1ccccc1Cl. The van der Waals surface area contributed by atoms with Crippen molar-refractivity contribution in [1.29, 1.82) is 0 Å². The van der Waals surface area contributed by atoms with Gasteiger partial charge in [0.05, 0.1) is 22.2 Å². The molecule has 30 heavy (non-hydrogen) atoms. The molecule has 3 rings (SSSR count). The molecule has 1 heterocycles. The van der Waals surface area contributed by atoms with Crippen molar-refractivity contribution in [3.63, 3.8) is 0 Å². The van der Waals surface area contributed by atoms with Gasteiger partial charge in [-0.15, -0.1) is 0 Å². The number of ether oxygens (including phenoxy) is 1. The Bertz CT molecular complexity index is 1150. The first kappa shape index (κ1) is 21.6. The Kier molecular flexibility index (Phi) is 6.25. The number of anilines is 1. The average Bonchev–Trinajstić information content (AvgIpc) is 3.03. The molecule has 1 atom stereocenters. The van der Waals surface area contributed by atoms with E-state index in [1.807, 2.05) is 0 Å². The summed E-state index contributed by atoms with van der Waals surface area (Å²) in [5.41, 5.74) is 0.173. The van der Waals surface area contributed by atoms with E-state index in [1.165, 1.54) is 12.1 Å².